The number of imidazole rings is 1. The number of aromatic nitrogens is 6. The Balaban J connectivity index is 1.53. The van der Waals surface area contributed by atoms with Crippen LogP contribution in [0.2, 0.25) is 0 Å². The molecule has 2 aliphatic heterocycles. The van der Waals surface area contributed by atoms with Gasteiger partial charge in [-0.15, -0.1) is 0 Å². The topological polar surface area (TPSA) is 234 Å². The number of alkyl halides is 2. The summed E-state index contributed by atoms with van der Waals surface area (Å²) in [7, 11) is -4.20. The van der Waals surface area contributed by atoms with Crippen LogP contribution < -0.4 is 17.0 Å². The quantitative estimate of drug-likeness (QED) is 0.223. The summed E-state index contributed by atoms with van der Waals surface area (Å²) in [4.78, 5) is 48.1. The summed E-state index contributed by atoms with van der Waals surface area (Å²) < 4.78 is 90.6. The summed E-state index contributed by atoms with van der Waals surface area (Å²) in [6.45, 7) is -6.43. The van der Waals surface area contributed by atoms with E-state index in [0.717, 1.165) is 41.2 Å². The molecule has 3 aromatic heterocycles. The van der Waals surface area contributed by atoms with E-state index in [2.05, 4.69) is 27.2 Å². The van der Waals surface area contributed by atoms with Gasteiger partial charge in [-0.05, 0) is 0 Å². The predicted molar refractivity (Wildman–Crippen MR) is 139 cm³/mol. The Kier molecular flexibility index (Phi) is 8.70. The third kappa shape index (κ3) is 6.21. The van der Waals surface area contributed by atoms with E-state index in [-0.39, 0.29) is 17.0 Å². The fourth-order valence-electron chi connectivity index (χ4n) is 4.27. The van der Waals surface area contributed by atoms with Crippen molar-refractivity contribution < 1.29 is 50.4 Å². The number of fused-ring (bicyclic) bond motifs is 3. The third-order valence-corrected chi connectivity index (χ3v) is 8.85. The fourth-order valence-corrected chi connectivity index (χ4v) is 6.61. The van der Waals surface area contributed by atoms with Crippen molar-refractivity contribution in [3.63, 3.8) is 0 Å². The number of nitrogens with two attached hydrogens (primary N) is 1. The molecule has 0 amide bonds. The summed E-state index contributed by atoms with van der Waals surface area (Å²) in [5.74, 6) is -0.0867. The van der Waals surface area contributed by atoms with Gasteiger partial charge in [-0.2, -0.15) is 0 Å². The molecule has 5 rings (SSSR count). The van der Waals surface area contributed by atoms with Crippen molar-refractivity contribution in [2.24, 2.45) is 0 Å². The second kappa shape index (κ2) is 11.8. The van der Waals surface area contributed by atoms with Gasteiger partial charge in [-0.3, -0.25) is 37.0 Å². The molecule has 5 heterocycles. The number of ether oxygens (including phenoxy) is 2. The highest BCUT2D eigenvalue weighted by molar-refractivity contribution is 8.44. The van der Waals surface area contributed by atoms with E-state index in [9.17, 15) is 23.6 Å². The Labute approximate surface area is 238 Å². The Morgan fingerprint density at radius 2 is 1.88 bits per heavy atom. The SMILES string of the molecule is CO[C@@H]1COP(=O)(S)O[C@@H]2[C@H](F)[C@@H](COP(=O)(O)O[C@@H](n3cnc4c(N)ncnc43)[C@@H]1F)O[C@H]2n1ccc(=O)[nH]c1=O. The number of thiol groups is 1. The molecule has 0 radical (unpaired) electrons. The number of nitrogens with one attached hydrogen (secondary N) is 1. The second-order valence-electron chi connectivity index (χ2n) is 8.92. The molecule has 2 bridgehead atoms. The lowest BCUT2D eigenvalue weighted by molar-refractivity contribution is -0.0798. The van der Waals surface area contributed by atoms with Gasteiger partial charge in [-0.1, -0.05) is 12.2 Å². The van der Waals surface area contributed by atoms with Gasteiger partial charge in [-0.25, -0.2) is 37.7 Å². The minimum absolute atomic E-state index is 0.00841. The van der Waals surface area contributed by atoms with Gasteiger partial charge in [0.05, 0.1) is 19.5 Å². The van der Waals surface area contributed by atoms with Gasteiger partial charge < -0.3 is 20.1 Å². The molecule has 0 aromatic carbocycles. The third-order valence-electron chi connectivity index (χ3n) is 6.28. The Bertz CT molecular complexity index is 1680. The molecule has 0 saturated carbocycles. The molecule has 4 N–H and O–H groups in total. The smallest absolute Gasteiger partial charge is 0.382 e. The highest BCUT2D eigenvalue weighted by atomic mass is 32.7. The van der Waals surface area contributed by atoms with Crippen molar-refractivity contribution in [2.45, 2.75) is 43.1 Å². The van der Waals surface area contributed by atoms with Gasteiger partial charge >= 0.3 is 20.3 Å². The first-order chi connectivity index (χ1) is 19.8. The van der Waals surface area contributed by atoms with Gasteiger partial charge in [0.15, 0.2) is 36.3 Å². The second-order valence-corrected chi connectivity index (χ2v) is 13.2. The lowest BCUT2D eigenvalue weighted by Gasteiger charge is -2.30. The normalized spacial score (nSPS) is 36.5. The first-order valence-corrected chi connectivity index (χ1v) is 16.0. The van der Waals surface area contributed by atoms with E-state index >= 15 is 8.78 Å². The van der Waals surface area contributed by atoms with Crippen LogP contribution in [0, 0.1) is 0 Å². The number of halogens is 2. The molecule has 2 aliphatic rings. The minimum Gasteiger partial charge on any atom is -0.382 e. The molecular weight excluding hydrogens is 634 g/mol. The van der Waals surface area contributed by atoms with Gasteiger partial charge in [0.25, 0.3) is 5.56 Å². The van der Waals surface area contributed by atoms with Crippen LogP contribution in [0.1, 0.15) is 12.5 Å². The van der Waals surface area contributed by atoms with Crippen LogP contribution in [0.5, 0.6) is 0 Å². The van der Waals surface area contributed by atoms with E-state index < -0.39 is 82.2 Å². The van der Waals surface area contributed by atoms with E-state index in [1.807, 2.05) is 4.98 Å². The molecule has 23 heteroatoms. The van der Waals surface area contributed by atoms with Crippen LogP contribution in [0.3, 0.4) is 0 Å². The standard InChI is InChI=1S/C19H23F2N7O11P2S/c1-34-8-4-36-41(33,42)38-14-11(20)9(37-18(14)27-3-2-10(29)26-19(27)30)5-35-40(31,32)39-17(12(8)21)28-7-25-13-15(22)23-6-24-16(13)28/h2-3,6-9,11-12,14,17-18H,4-5H2,1H3,(H,31,32)(H,33,42)(H2,22,23,24)(H,26,29,30)/t8-,9-,11-,12-,14-,17-,18-,41?/m1/s1. The van der Waals surface area contributed by atoms with Crippen LogP contribution in [0.4, 0.5) is 14.6 Å². The number of aromatic amines is 1. The fraction of sp³-hybridized carbons (Fsp3) is 0.526. The number of nitrogen functional groups attached to an aromatic ring is 1. The maximum Gasteiger partial charge on any atom is 0.474 e. The Morgan fingerprint density at radius 1 is 1.12 bits per heavy atom. The minimum atomic E-state index is -5.25. The zero-order valence-corrected chi connectivity index (χ0v) is 23.9. The number of anilines is 1. The lowest BCUT2D eigenvalue weighted by Crippen LogP contribution is -2.39. The van der Waals surface area contributed by atoms with Gasteiger partial charge in [0, 0.05) is 19.4 Å². The molecule has 42 heavy (non-hydrogen) atoms. The zero-order valence-electron chi connectivity index (χ0n) is 21.2. The molecule has 2 saturated heterocycles. The van der Waals surface area contributed by atoms with Crippen LogP contribution in [-0.4, -0.2) is 84.9 Å². The number of rotatable bonds is 3. The average Bonchev–Trinajstić information content (AvgIpc) is 3.48. The maximum absolute atomic E-state index is 16.0. The highest BCUT2D eigenvalue weighted by Gasteiger charge is 2.52. The van der Waals surface area contributed by atoms with E-state index in [1.54, 1.807) is 0 Å². The number of hydrogen-bond donors (Lipinski definition) is 4. The predicted octanol–water partition coefficient (Wildman–Crippen LogP) is 0.633. The molecule has 9 atom stereocenters. The van der Waals surface area contributed by atoms with Crippen molar-refractivity contribution in [1.29, 1.82) is 0 Å². The lowest BCUT2D eigenvalue weighted by atomic mass is 10.1. The zero-order chi connectivity index (χ0) is 30.4. The van der Waals surface area contributed by atoms with Crippen molar-refractivity contribution >= 4 is 43.9 Å². The molecule has 18 nitrogen and oxygen atoms in total. The molecule has 230 valence electrons. The molecular formula is C19H23F2N7O11P2S. The first-order valence-electron chi connectivity index (χ1n) is 11.8. The van der Waals surface area contributed by atoms with Crippen molar-refractivity contribution in [2.75, 3.05) is 26.1 Å². The highest BCUT2D eigenvalue weighted by Crippen LogP contribution is 2.58. The molecule has 0 aliphatic carbocycles. The van der Waals surface area contributed by atoms with Crippen LogP contribution in [-0.2, 0) is 36.7 Å². The van der Waals surface area contributed by atoms with Crippen LogP contribution in [0.25, 0.3) is 11.2 Å². The molecule has 3 aromatic rings. The molecule has 2 fully saturated rings. The van der Waals surface area contributed by atoms with E-state index in [0.29, 0.717) is 0 Å². The van der Waals surface area contributed by atoms with Gasteiger partial charge in [0.1, 0.15) is 30.2 Å². The van der Waals surface area contributed by atoms with Crippen molar-refractivity contribution in [3.8, 4) is 0 Å². The summed E-state index contributed by atoms with van der Waals surface area (Å²) >= 11 is 3.85. The Morgan fingerprint density at radius 3 is 2.60 bits per heavy atom. The summed E-state index contributed by atoms with van der Waals surface area (Å²) in [5, 5.41) is 0. The van der Waals surface area contributed by atoms with E-state index in [1.165, 1.54) is 0 Å². The number of H-pyrrole nitrogens is 1. The number of methoxy groups -OCH3 is 1. The average molecular weight is 657 g/mol. The van der Waals surface area contributed by atoms with Crippen LogP contribution in [0.15, 0.2) is 34.5 Å². The van der Waals surface area contributed by atoms with Gasteiger partial charge in [0.2, 0.25) is 0 Å². The molecule has 0 spiro atoms. The monoisotopic (exact) mass is 657 g/mol. The first kappa shape index (κ1) is 30.9. The van der Waals surface area contributed by atoms with E-state index in [4.69, 9.17) is 33.3 Å². The largest absolute Gasteiger partial charge is 0.474 e. The number of phosphoric acid groups is 1. The molecule has 2 unspecified atom stereocenters. The summed E-state index contributed by atoms with van der Waals surface area (Å²) in [6.07, 6.45) is -10.7. The number of phosphoric ester groups is 1. The van der Waals surface area contributed by atoms with Crippen LogP contribution >= 0.6 is 26.9 Å². The summed E-state index contributed by atoms with van der Waals surface area (Å²) in [6, 6.07) is 0.928. The summed E-state index contributed by atoms with van der Waals surface area (Å²) in [5.41, 5.74) is 3.87. The Hall–Kier alpha value is -2.58. The number of hydrogen-bond acceptors (Lipinski definition) is 14. The van der Waals surface area contributed by atoms with Crippen molar-refractivity contribution in [3.05, 3.63) is 45.8 Å². The van der Waals surface area contributed by atoms with Crippen molar-refractivity contribution in [1.82, 2.24) is 29.1 Å². The number of nitrogens with zero attached hydrogens (tertiary/aromatic N) is 5. The maximum atomic E-state index is 16.0.